The van der Waals surface area contributed by atoms with Gasteiger partial charge in [0, 0.05) is 31.1 Å². The van der Waals surface area contributed by atoms with E-state index in [1.54, 1.807) is 11.9 Å². The monoisotopic (exact) mass is 401 g/mol. The highest BCUT2D eigenvalue weighted by molar-refractivity contribution is 5.99. The van der Waals surface area contributed by atoms with Crippen LogP contribution in [0.2, 0.25) is 0 Å². The first kappa shape index (κ1) is 21.9. The van der Waals surface area contributed by atoms with Gasteiger partial charge in [-0.25, -0.2) is 0 Å². The van der Waals surface area contributed by atoms with Crippen molar-refractivity contribution in [1.29, 1.82) is 0 Å². The smallest absolute Gasteiger partial charge is 0.249 e. The molecule has 28 heavy (non-hydrogen) atoms. The Morgan fingerprint density at radius 1 is 1.07 bits per heavy atom. The van der Waals surface area contributed by atoms with E-state index in [9.17, 15) is 9.59 Å². The number of carbonyl (C=O) groups is 2. The topological polar surface area (TPSA) is 75.4 Å². The van der Waals surface area contributed by atoms with E-state index < -0.39 is 6.04 Å². The van der Waals surface area contributed by atoms with Crippen LogP contribution in [0.3, 0.4) is 0 Å². The molecule has 3 rings (SSSR count). The van der Waals surface area contributed by atoms with Gasteiger partial charge in [-0.3, -0.25) is 9.59 Å². The summed E-state index contributed by atoms with van der Waals surface area (Å²) in [6.45, 7) is 0. The summed E-state index contributed by atoms with van der Waals surface area (Å²) < 4.78 is 0. The Hall–Kier alpha value is -2.37. The second-order valence-corrected chi connectivity index (χ2v) is 7.25. The van der Waals surface area contributed by atoms with Crippen molar-refractivity contribution in [2.24, 2.45) is 11.7 Å². The first-order valence-corrected chi connectivity index (χ1v) is 9.47. The molecule has 2 unspecified atom stereocenters. The zero-order chi connectivity index (χ0) is 19.2. The lowest BCUT2D eigenvalue weighted by Crippen LogP contribution is -2.50. The molecule has 0 saturated heterocycles. The van der Waals surface area contributed by atoms with Gasteiger partial charge >= 0.3 is 0 Å². The van der Waals surface area contributed by atoms with Crippen LogP contribution in [-0.2, 0) is 16.0 Å². The highest BCUT2D eigenvalue weighted by atomic mass is 35.5. The number of anilines is 1. The molecule has 1 saturated carbocycles. The largest absolute Gasteiger partial charge is 0.344 e. The molecular weight excluding hydrogens is 374 g/mol. The first-order chi connectivity index (χ1) is 13.0. The summed E-state index contributed by atoms with van der Waals surface area (Å²) in [5.41, 5.74) is 7.76. The van der Waals surface area contributed by atoms with Crippen molar-refractivity contribution in [2.45, 2.75) is 37.8 Å². The van der Waals surface area contributed by atoms with Gasteiger partial charge in [0.1, 0.15) is 6.04 Å². The van der Waals surface area contributed by atoms with Crippen LogP contribution in [-0.4, -0.2) is 30.9 Å². The summed E-state index contributed by atoms with van der Waals surface area (Å²) in [4.78, 5) is 27.5. The zero-order valence-electron chi connectivity index (χ0n) is 16.1. The summed E-state index contributed by atoms with van der Waals surface area (Å²) in [7, 11) is 1.74. The summed E-state index contributed by atoms with van der Waals surface area (Å²) in [5.74, 6) is -0.299. The molecule has 2 aromatic rings. The maximum Gasteiger partial charge on any atom is 0.249 e. The van der Waals surface area contributed by atoms with Gasteiger partial charge in [-0.2, -0.15) is 0 Å². The highest BCUT2D eigenvalue weighted by Crippen LogP contribution is 2.24. The second kappa shape index (κ2) is 10.2. The SMILES string of the molecule is CN(C(=O)[C@H](Cc1ccccc1)NC(=O)C1CCC(N)C1)c1ccccc1.Cl. The van der Waals surface area contributed by atoms with Crippen LogP contribution in [0.25, 0.3) is 0 Å². The number of nitrogens with one attached hydrogen (secondary N) is 1. The number of carbonyl (C=O) groups excluding carboxylic acids is 2. The fourth-order valence-electron chi connectivity index (χ4n) is 3.61. The predicted octanol–water partition coefficient (Wildman–Crippen LogP) is 2.93. The number of benzene rings is 2. The normalized spacial score (nSPS) is 19.4. The molecule has 0 radical (unpaired) electrons. The summed E-state index contributed by atoms with van der Waals surface area (Å²) in [6, 6.07) is 18.7. The lowest BCUT2D eigenvalue weighted by molar-refractivity contribution is -0.129. The fraction of sp³-hybridized carbons (Fsp3) is 0.364. The second-order valence-electron chi connectivity index (χ2n) is 7.25. The Morgan fingerprint density at radius 3 is 2.25 bits per heavy atom. The molecule has 1 aliphatic carbocycles. The molecule has 0 aromatic heterocycles. The molecule has 2 aromatic carbocycles. The van der Waals surface area contributed by atoms with Gasteiger partial charge < -0.3 is 16.0 Å². The Kier molecular flexibility index (Phi) is 8.03. The number of para-hydroxylation sites is 1. The third-order valence-corrected chi connectivity index (χ3v) is 5.22. The van der Waals surface area contributed by atoms with E-state index in [0.29, 0.717) is 12.8 Å². The Labute approximate surface area is 172 Å². The van der Waals surface area contributed by atoms with Gasteiger partial charge in [0.2, 0.25) is 11.8 Å². The van der Waals surface area contributed by atoms with Crippen LogP contribution in [0.15, 0.2) is 60.7 Å². The molecule has 3 atom stereocenters. The van der Waals surface area contributed by atoms with Crippen LogP contribution in [0.4, 0.5) is 5.69 Å². The van der Waals surface area contributed by atoms with Crippen molar-refractivity contribution in [3.63, 3.8) is 0 Å². The van der Waals surface area contributed by atoms with Crippen LogP contribution in [0, 0.1) is 5.92 Å². The van der Waals surface area contributed by atoms with E-state index in [1.165, 1.54) is 0 Å². The van der Waals surface area contributed by atoms with Gasteiger partial charge in [0.15, 0.2) is 0 Å². The molecule has 2 amide bonds. The third-order valence-electron chi connectivity index (χ3n) is 5.22. The number of nitrogens with two attached hydrogens (primary N) is 1. The van der Waals surface area contributed by atoms with Gasteiger partial charge in [-0.05, 0) is 37.0 Å². The van der Waals surface area contributed by atoms with Gasteiger partial charge in [-0.15, -0.1) is 12.4 Å². The lowest BCUT2D eigenvalue weighted by Gasteiger charge is -2.26. The first-order valence-electron chi connectivity index (χ1n) is 9.47. The molecule has 3 N–H and O–H groups in total. The lowest BCUT2D eigenvalue weighted by atomic mass is 10.0. The minimum atomic E-state index is -0.609. The van der Waals surface area contributed by atoms with E-state index in [0.717, 1.165) is 24.1 Å². The van der Waals surface area contributed by atoms with E-state index in [2.05, 4.69) is 5.32 Å². The van der Waals surface area contributed by atoms with Crippen molar-refractivity contribution in [2.75, 3.05) is 11.9 Å². The van der Waals surface area contributed by atoms with Crippen LogP contribution in [0.5, 0.6) is 0 Å². The summed E-state index contributed by atoms with van der Waals surface area (Å²) >= 11 is 0. The molecule has 5 nitrogen and oxygen atoms in total. The number of nitrogens with zero attached hydrogens (tertiary/aromatic N) is 1. The quantitative estimate of drug-likeness (QED) is 0.781. The number of hydrogen-bond donors (Lipinski definition) is 2. The van der Waals surface area contributed by atoms with Gasteiger partial charge in [-0.1, -0.05) is 48.5 Å². The number of likely N-dealkylation sites (N-methyl/N-ethyl adjacent to an activating group) is 1. The Morgan fingerprint density at radius 2 is 1.68 bits per heavy atom. The van der Waals surface area contributed by atoms with Crippen molar-refractivity contribution in [3.8, 4) is 0 Å². The molecular formula is C22H28ClN3O2. The molecule has 0 spiro atoms. The number of halogens is 1. The van der Waals surface area contributed by atoms with Crippen molar-refractivity contribution in [3.05, 3.63) is 66.2 Å². The van der Waals surface area contributed by atoms with Crippen molar-refractivity contribution >= 4 is 29.9 Å². The molecule has 6 heteroatoms. The number of amides is 2. The standard InChI is InChI=1S/C22H27N3O2.ClH/c1-25(19-10-6-3-7-11-19)22(27)20(14-16-8-4-2-5-9-16)24-21(26)17-12-13-18(23)15-17;/h2-11,17-18,20H,12-15,23H2,1H3,(H,24,26);1H/t17?,18?,20-;/m0./s1. The molecule has 1 aliphatic rings. The van der Waals surface area contributed by atoms with E-state index in [4.69, 9.17) is 5.73 Å². The molecule has 0 bridgehead atoms. The number of hydrogen-bond acceptors (Lipinski definition) is 3. The molecule has 150 valence electrons. The maximum absolute atomic E-state index is 13.1. The predicted molar refractivity (Wildman–Crippen MR) is 114 cm³/mol. The average Bonchev–Trinajstić information content (AvgIpc) is 3.14. The molecule has 0 heterocycles. The molecule has 1 fully saturated rings. The van der Waals surface area contributed by atoms with Crippen LogP contribution < -0.4 is 16.0 Å². The van der Waals surface area contributed by atoms with Crippen LogP contribution >= 0.6 is 12.4 Å². The zero-order valence-corrected chi connectivity index (χ0v) is 16.9. The van der Waals surface area contributed by atoms with Crippen LogP contribution in [0.1, 0.15) is 24.8 Å². The van der Waals surface area contributed by atoms with E-state index in [-0.39, 0.29) is 36.2 Å². The summed E-state index contributed by atoms with van der Waals surface area (Å²) in [6.07, 6.45) is 2.79. The van der Waals surface area contributed by atoms with Crippen molar-refractivity contribution < 1.29 is 9.59 Å². The van der Waals surface area contributed by atoms with Gasteiger partial charge in [0.05, 0.1) is 0 Å². The number of rotatable bonds is 6. The fourth-order valence-corrected chi connectivity index (χ4v) is 3.61. The third kappa shape index (κ3) is 5.57. The van der Waals surface area contributed by atoms with E-state index >= 15 is 0 Å². The minimum Gasteiger partial charge on any atom is -0.344 e. The maximum atomic E-state index is 13.1. The van der Waals surface area contributed by atoms with E-state index in [1.807, 2.05) is 60.7 Å². The average molecular weight is 402 g/mol. The van der Waals surface area contributed by atoms with Crippen molar-refractivity contribution in [1.82, 2.24) is 5.32 Å². The summed E-state index contributed by atoms with van der Waals surface area (Å²) in [5, 5.41) is 2.99. The van der Waals surface area contributed by atoms with Gasteiger partial charge in [0.25, 0.3) is 0 Å². The molecule has 0 aliphatic heterocycles. The highest BCUT2D eigenvalue weighted by Gasteiger charge is 2.32. The minimum absolute atomic E-state index is 0. The Balaban J connectivity index is 0.00000280. The Bertz CT molecular complexity index is 770.